The van der Waals surface area contributed by atoms with Gasteiger partial charge in [-0.25, -0.2) is 0 Å². The van der Waals surface area contributed by atoms with E-state index in [-0.39, 0.29) is 32.3 Å². The van der Waals surface area contributed by atoms with E-state index < -0.39 is 11.9 Å². The van der Waals surface area contributed by atoms with Crippen LogP contribution in [0.15, 0.2) is 60.9 Å². The van der Waals surface area contributed by atoms with Gasteiger partial charge in [0, 0.05) is 46.1 Å². The zero-order valence-electron chi connectivity index (χ0n) is 17.4. The SMILES string of the molecule is O=C([O-])CCCc1c[nH]c2ccccc12.O=C([O-])CCCc1c[nH]c2ccccc12.[Zn+2]. The number of para-hydroxylation sites is 2. The van der Waals surface area contributed by atoms with Crippen LogP contribution in [0.4, 0.5) is 0 Å². The van der Waals surface area contributed by atoms with Crippen LogP contribution in [0.25, 0.3) is 21.8 Å². The monoisotopic (exact) mass is 468 g/mol. The molecule has 0 spiro atoms. The third-order valence-electron chi connectivity index (χ3n) is 5.00. The van der Waals surface area contributed by atoms with Crippen molar-refractivity contribution < 1.29 is 39.3 Å². The molecule has 0 aliphatic rings. The van der Waals surface area contributed by atoms with Gasteiger partial charge in [0.05, 0.1) is 0 Å². The Morgan fingerprint density at radius 1 is 0.677 bits per heavy atom. The molecule has 0 radical (unpaired) electrons. The van der Waals surface area contributed by atoms with Crippen molar-refractivity contribution in [2.45, 2.75) is 38.5 Å². The number of hydrogen-bond donors (Lipinski definition) is 2. The number of aliphatic carboxylic acids is 2. The summed E-state index contributed by atoms with van der Waals surface area (Å²) in [5.41, 5.74) is 4.54. The number of carbonyl (C=O) groups is 2. The van der Waals surface area contributed by atoms with Gasteiger partial charge in [-0.3, -0.25) is 0 Å². The number of rotatable bonds is 8. The second kappa shape index (κ2) is 12.1. The molecule has 2 aromatic carbocycles. The van der Waals surface area contributed by atoms with Gasteiger partial charge >= 0.3 is 19.5 Å². The first-order valence-corrected chi connectivity index (χ1v) is 10.0. The Labute approximate surface area is 193 Å². The van der Waals surface area contributed by atoms with Crippen LogP contribution in [0.1, 0.15) is 36.8 Å². The molecule has 0 atom stereocenters. The van der Waals surface area contributed by atoms with E-state index in [0.717, 1.165) is 23.9 Å². The van der Waals surface area contributed by atoms with Gasteiger partial charge in [0.1, 0.15) is 0 Å². The minimum atomic E-state index is -0.977. The number of carboxylic acid groups (broad SMARTS) is 2. The number of aromatic nitrogens is 2. The van der Waals surface area contributed by atoms with Gasteiger partial charge in [-0.15, -0.1) is 0 Å². The maximum atomic E-state index is 10.3. The maximum Gasteiger partial charge on any atom is 2.00 e. The van der Waals surface area contributed by atoms with Crippen LogP contribution in [0.3, 0.4) is 0 Å². The number of carbonyl (C=O) groups excluding carboxylic acids is 2. The Morgan fingerprint density at radius 3 is 1.45 bits per heavy atom. The summed E-state index contributed by atoms with van der Waals surface area (Å²) < 4.78 is 0. The van der Waals surface area contributed by atoms with Crippen molar-refractivity contribution in [3.8, 4) is 0 Å². The quantitative estimate of drug-likeness (QED) is 0.386. The Morgan fingerprint density at radius 2 is 1.06 bits per heavy atom. The number of H-pyrrole nitrogens is 2. The molecule has 0 amide bonds. The molecule has 0 saturated carbocycles. The summed E-state index contributed by atoms with van der Waals surface area (Å²) in [6.07, 6.45) is 6.95. The minimum absolute atomic E-state index is 0. The van der Waals surface area contributed by atoms with E-state index in [1.54, 1.807) is 0 Å². The van der Waals surface area contributed by atoms with Crippen molar-refractivity contribution in [1.29, 1.82) is 0 Å². The first-order valence-electron chi connectivity index (χ1n) is 10.0. The number of fused-ring (bicyclic) bond motifs is 2. The van der Waals surface area contributed by atoms with Gasteiger partial charge in [0.15, 0.2) is 0 Å². The normalized spacial score (nSPS) is 10.3. The first-order chi connectivity index (χ1) is 14.5. The van der Waals surface area contributed by atoms with Crippen LogP contribution in [-0.2, 0) is 41.9 Å². The molecule has 6 nitrogen and oxygen atoms in total. The predicted octanol–water partition coefficient (Wildman–Crippen LogP) is 2.48. The van der Waals surface area contributed by atoms with Crippen LogP contribution in [0, 0.1) is 0 Å². The zero-order valence-corrected chi connectivity index (χ0v) is 20.3. The summed E-state index contributed by atoms with van der Waals surface area (Å²) in [5, 5.41) is 22.9. The van der Waals surface area contributed by atoms with Gasteiger partial charge in [-0.05, 0) is 61.8 Å². The summed E-state index contributed by atoms with van der Waals surface area (Å²) >= 11 is 0. The topological polar surface area (TPSA) is 112 Å². The molecule has 0 bridgehead atoms. The minimum Gasteiger partial charge on any atom is -0.550 e. The number of hydrogen-bond acceptors (Lipinski definition) is 4. The average molecular weight is 470 g/mol. The molecule has 4 rings (SSSR count). The van der Waals surface area contributed by atoms with Crippen molar-refractivity contribution in [1.82, 2.24) is 9.97 Å². The average Bonchev–Trinajstić information content (AvgIpc) is 3.33. The maximum absolute atomic E-state index is 10.3. The van der Waals surface area contributed by atoms with E-state index >= 15 is 0 Å². The second-order valence-corrected chi connectivity index (χ2v) is 7.17. The molecule has 0 aliphatic heterocycles. The van der Waals surface area contributed by atoms with Gasteiger partial charge in [-0.2, -0.15) is 0 Å². The van der Waals surface area contributed by atoms with Gasteiger partial charge in [0.2, 0.25) is 0 Å². The third kappa shape index (κ3) is 7.07. The molecule has 31 heavy (non-hydrogen) atoms. The van der Waals surface area contributed by atoms with E-state index in [2.05, 4.69) is 9.97 Å². The number of aromatic amines is 2. The summed E-state index contributed by atoms with van der Waals surface area (Å²) in [5.74, 6) is -1.95. The van der Waals surface area contributed by atoms with E-state index in [1.165, 1.54) is 21.9 Å². The van der Waals surface area contributed by atoms with Crippen molar-refractivity contribution in [2.24, 2.45) is 0 Å². The number of aryl methyl sites for hydroxylation is 2. The van der Waals surface area contributed by atoms with E-state index in [4.69, 9.17) is 0 Å². The van der Waals surface area contributed by atoms with Crippen molar-refractivity contribution in [3.05, 3.63) is 72.1 Å². The molecule has 0 fully saturated rings. The van der Waals surface area contributed by atoms with Crippen LogP contribution in [0.2, 0.25) is 0 Å². The van der Waals surface area contributed by atoms with E-state index in [1.807, 2.05) is 60.9 Å². The summed E-state index contributed by atoms with van der Waals surface area (Å²) in [6.45, 7) is 0. The molecule has 0 aliphatic carbocycles. The Hall–Kier alpha value is -2.92. The first kappa shape index (κ1) is 24.4. The molecule has 2 N–H and O–H groups in total. The molecule has 0 saturated heterocycles. The van der Waals surface area contributed by atoms with Crippen LogP contribution >= 0.6 is 0 Å². The second-order valence-electron chi connectivity index (χ2n) is 7.17. The van der Waals surface area contributed by atoms with Gasteiger partial charge in [0.25, 0.3) is 0 Å². The number of nitrogens with one attached hydrogen (secondary N) is 2. The number of benzene rings is 2. The van der Waals surface area contributed by atoms with Crippen LogP contribution in [-0.4, -0.2) is 21.9 Å². The van der Waals surface area contributed by atoms with E-state index in [0.29, 0.717) is 12.8 Å². The third-order valence-corrected chi connectivity index (χ3v) is 5.00. The fourth-order valence-corrected chi connectivity index (χ4v) is 3.52. The zero-order chi connectivity index (χ0) is 21.3. The summed E-state index contributed by atoms with van der Waals surface area (Å²) in [6, 6.07) is 16.0. The van der Waals surface area contributed by atoms with E-state index in [9.17, 15) is 19.8 Å². The standard InChI is InChI=1S/2C12H13NO2.Zn/c2*14-12(15)7-3-4-9-8-13-11-6-2-1-5-10(9)11;/h2*1-2,5-6,8,13H,3-4,7H2,(H,14,15);/q;;+2/p-2. The fourth-order valence-electron chi connectivity index (χ4n) is 3.52. The van der Waals surface area contributed by atoms with Crippen molar-refractivity contribution >= 4 is 33.7 Å². The molecular weight excluding hydrogens is 446 g/mol. The largest absolute Gasteiger partial charge is 2.00 e. The fraction of sp³-hybridized carbons (Fsp3) is 0.250. The number of carboxylic acids is 2. The van der Waals surface area contributed by atoms with Gasteiger partial charge < -0.3 is 29.8 Å². The van der Waals surface area contributed by atoms with Crippen LogP contribution in [0.5, 0.6) is 0 Å². The molecule has 4 aromatic rings. The molecule has 2 heterocycles. The molecule has 2 aromatic heterocycles. The molecular formula is C24H24N2O4Zn. The molecule has 0 unspecified atom stereocenters. The summed E-state index contributed by atoms with van der Waals surface area (Å²) in [7, 11) is 0. The molecule has 156 valence electrons. The Kier molecular flexibility index (Phi) is 9.48. The predicted molar refractivity (Wildman–Crippen MR) is 112 cm³/mol. The smallest absolute Gasteiger partial charge is 0.550 e. The van der Waals surface area contributed by atoms with Gasteiger partial charge in [-0.1, -0.05) is 36.4 Å². The Balaban J connectivity index is 0.000000213. The summed E-state index contributed by atoms with van der Waals surface area (Å²) in [4.78, 5) is 26.9. The molecule has 7 heteroatoms. The van der Waals surface area contributed by atoms with Crippen LogP contribution < -0.4 is 10.2 Å². The Bertz CT molecular complexity index is 1040. The van der Waals surface area contributed by atoms with Crippen molar-refractivity contribution in [2.75, 3.05) is 0 Å². The van der Waals surface area contributed by atoms with Crippen molar-refractivity contribution in [3.63, 3.8) is 0 Å².